The smallest absolute Gasteiger partial charge is 0.312 e. The van der Waals surface area contributed by atoms with E-state index in [2.05, 4.69) is 5.32 Å². The standard InChI is InChI=1S/C16H21N3O3/c17-16(22)18-10-15(21)19-8-4-7-13(11-19)14(20)9-12-5-2-1-3-6-12/h1-3,5-6,13H,4,7-11H2,(H3,17,18,22)/t13-/m0/s1. The molecule has 0 radical (unpaired) electrons. The Morgan fingerprint density at radius 2 is 1.95 bits per heavy atom. The maximum Gasteiger partial charge on any atom is 0.312 e. The van der Waals surface area contributed by atoms with Gasteiger partial charge in [0, 0.05) is 25.4 Å². The molecule has 1 aliphatic rings. The lowest BCUT2D eigenvalue weighted by molar-refractivity contribution is -0.134. The summed E-state index contributed by atoms with van der Waals surface area (Å²) in [6.07, 6.45) is 2.00. The SMILES string of the molecule is NC(=O)NCC(=O)N1CCC[C@H](C(=O)Cc2ccccc2)C1. The molecule has 118 valence electrons. The van der Waals surface area contributed by atoms with Gasteiger partial charge in [0.15, 0.2) is 0 Å². The number of urea groups is 1. The number of nitrogens with two attached hydrogens (primary N) is 1. The van der Waals surface area contributed by atoms with Crippen LogP contribution >= 0.6 is 0 Å². The van der Waals surface area contributed by atoms with E-state index in [0.29, 0.717) is 19.5 Å². The van der Waals surface area contributed by atoms with Gasteiger partial charge in [0.05, 0.1) is 6.54 Å². The van der Waals surface area contributed by atoms with Crippen LogP contribution in [-0.4, -0.2) is 42.3 Å². The van der Waals surface area contributed by atoms with Gasteiger partial charge in [0.25, 0.3) is 0 Å². The van der Waals surface area contributed by atoms with Crippen LogP contribution in [0, 0.1) is 5.92 Å². The van der Waals surface area contributed by atoms with Crippen LogP contribution in [0.4, 0.5) is 4.79 Å². The molecule has 0 saturated carbocycles. The van der Waals surface area contributed by atoms with Crippen LogP contribution < -0.4 is 11.1 Å². The van der Waals surface area contributed by atoms with E-state index in [-0.39, 0.29) is 24.2 Å². The molecule has 0 spiro atoms. The Morgan fingerprint density at radius 1 is 1.23 bits per heavy atom. The number of Topliss-reactive ketones (excluding diaryl/α,β-unsaturated/α-hetero) is 1. The van der Waals surface area contributed by atoms with Gasteiger partial charge in [-0.15, -0.1) is 0 Å². The summed E-state index contributed by atoms with van der Waals surface area (Å²) in [6.45, 7) is 0.925. The fraction of sp³-hybridized carbons (Fsp3) is 0.438. The molecular formula is C16H21N3O3. The molecule has 1 atom stereocenters. The van der Waals surface area contributed by atoms with Gasteiger partial charge < -0.3 is 16.0 Å². The van der Waals surface area contributed by atoms with Crippen molar-refractivity contribution in [3.05, 3.63) is 35.9 Å². The van der Waals surface area contributed by atoms with Gasteiger partial charge in [0.2, 0.25) is 5.91 Å². The van der Waals surface area contributed by atoms with Crippen molar-refractivity contribution in [1.82, 2.24) is 10.2 Å². The average molecular weight is 303 g/mol. The van der Waals surface area contributed by atoms with Gasteiger partial charge in [-0.05, 0) is 18.4 Å². The van der Waals surface area contributed by atoms with E-state index in [1.807, 2.05) is 30.3 Å². The molecule has 1 aromatic carbocycles. The molecule has 22 heavy (non-hydrogen) atoms. The van der Waals surface area contributed by atoms with E-state index in [1.54, 1.807) is 4.90 Å². The zero-order valence-electron chi connectivity index (χ0n) is 12.5. The highest BCUT2D eigenvalue weighted by molar-refractivity contribution is 5.86. The molecule has 0 bridgehead atoms. The topological polar surface area (TPSA) is 92.5 Å². The Bertz CT molecular complexity index is 545. The van der Waals surface area contributed by atoms with Crippen LogP contribution in [0.25, 0.3) is 0 Å². The highest BCUT2D eigenvalue weighted by Crippen LogP contribution is 2.19. The molecule has 2 rings (SSSR count). The third kappa shape index (κ3) is 4.58. The third-order valence-electron chi connectivity index (χ3n) is 3.86. The fourth-order valence-corrected chi connectivity index (χ4v) is 2.68. The van der Waals surface area contributed by atoms with Gasteiger partial charge in [0.1, 0.15) is 5.78 Å². The second kappa shape index (κ2) is 7.59. The first-order valence-electron chi connectivity index (χ1n) is 7.44. The molecule has 0 aliphatic carbocycles. The maximum atomic E-state index is 12.4. The largest absolute Gasteiger partial charge is 0.352 e. The lowest BCUT2D eigenvalue weighted by Crippen LogP contribution is -2.47. The number of rotatable bonds is 5. The zero-order valence-corrected chi connectivity index (χ0v) is 12.5. The summed E-state index contributed by atoms with van der Waals surface area (Å²) in [5, 5.41) is 2.29. The van der Waals surface area contributed by atoms with E-state index < -0.39 is 6.03 Å². The molecule has 0 unspecified atom stereocenters. The molecule has 6 heteroatoms. The molecule has 1 aliphatic heterocycles. The van der Waals surface area contributed by atoms with Crippen LogP contribution in [0.15, 0.2) is 30.3 Å². The summed E-state index contributed by atoms with van der Waals surface area (Å²) in [4.78, 5) is 36.6. The van der Waals surface area contributed by atoms with Gasteiger partial charge >= 0.3 is 6.03 Å². The van der Waals surface area contributed by atoms with Crippen molar-refractivity contribution in [2.45, 2.75) is 19.3 Å². The number of amides is 3. The van der Waals surface area contributed by atoms with Crippen molar-refractivity contribution < 1.29 is 14.4 Å². The molecule has 3 N–H and O–H groups in total. The molecule has 1 aromatic rings. The minimum atomic E-state index is -0.720. The highest BCUT2D eigenvalue weighted by Gasteiger charge is 2.28. The summed E-state index contributed by atoms with van der Waals surface area (Å²) in [5.74, 6) is -0.172. The average Bonchev–Trinajstić information content (AvgIpc) is 2.53. The Balaban J connectivity index is 1.88. The van der Waals surface area contributed by atoms with E-state index in [9.17, 15) is 14.4 Å². The number of carbonyl (C=O) groups excluding carboxylic acids is 3. The third-order valence-corrected chi connectivity index (χ3v) is 3.86. The van der Waals surface area contributed by atoms with E-state index in [0.717, 1.165) is 18.4 Å². The van der Waals surface area contributed by atoms with E-state index in [4.69, 9.17) is 5.73 Å². The Kier molecular flexibility index (Phi) is 5.52. The number of nitrogens with one attached hydrogen (secondary N) is 1. The monoisotopic (exact) mass is 303 g/mol. The Morgan fingerprint density at radius 3 is 2.64 bits per heavy atom. The van der Waals surface area contributed by atoms with E-state index in [1.165, 1.54) is 0 Å². The normalized spacial score (nSPS) is 17.8. The number of ketones is 1. The summed E-state index contributed by atoms with van der Waals surface area (Å²) < 4.78 is 0. The Labute approximate surface area is 129 Å². The minimum Gasteiger partial charge on any atom is -0.352 e. The van der Waals surface area contributed by atoms with Crippen molar-refractivity contribution in [2.24, 2.45) is 11.7 Å². The van der Waals surface area contributed by atoms with Crippen molar-refractivity contribution >= 4 is 17.7 Å². The molecule has 1 heterocycles. The zero-order chi connectivity index (χ0) is 15.9. The van der Waals surface area contributed by atoms with E-state index >= 15 is 0 Å². The second-order valence-corrected chi connectivity index (χ2v) is 5.53. The lowest BCUT2D eigenvalue weighted by Gasteiger charge is -2.32. The summed E-state index contributed by atoms with van der Waals surface area (Å²) in [6, 6.07) is 8.88. The van der Waals surface area contributed by atoms with Crippen LogP contribution in [-0.2, 0) is 16.0 Å². The molecular weight excluding hydrogens is 282 g/mol. The van der Waals surface area contributed by atoms with Crippen LogP contribution in [0.3, 0.4) is 0 Å². The quantitative estimate of drug-likeness (QED) is 0.839. The highest BCUT2D eigenvalue weighted by atomic mass is 16.2. The van der Waals surface area contributed by atoms with Crippen molar-refractivity contribution in [1.29, 1.82) is 0 Å². The number of piperidine rings is 1. The molecule has 0 aromatic heterocycles. The van der Waals surface area contributed by atoms with Gasteiger partial charge in [-0.1, -0.05) is 30.3 Å². The first-order chi connectivity index (χ1) is 10.6. The van der Waals surface area contributed by atoms with Gasteiger partial charge in [-0.25, -0.2) is 4.79 Å². The van der Waals surface area contributed by atoms with Gasteiger partial charge in [-0.3, -0.25) is 9.59 Å². The van der Waals surface area contributed by atoms with Crippen molar-refractivity contribution in [3.63, 3.8) is 0 Å². The number of carbonyl (C=O) groups is 3. The summed E-state index contributed by atoms with van der Waals surface area (Å²) >= 11 is 0. The predicted molar refractivity (Wildman–Crippen MR) is 82.0 cm³/mol. The summed E-state index contributed by atoms with van der Waals surface area (Å²) in [7, 11) is 0. The number of likely N-dealkylation sites (tertiary alicyclic amines) is 1. The van der Waals surface area contributed by atoms with Crippen LogP contribution in [0.1, 0.15) is 18.4 Å². The molecule has 1 fully saturated rings. The number of hydrogen-bond donors (Lipinski definition) is 2. The maximum absolute atomic E-state index is 12.4. The van der Waals surface area contributed by atoms with Crippen molar-refractivity contribution in [3.8, 4) is 0 Å². The number of benzene rings is 1. The first kappa shape index (κ1) is 16.0. The second-order valence-electron chi connectivity index (χ2n) is 5.53. The van der Waals surface area contributed by atoms with Crippen molar-refractivity contribution in [2.75, 3.05) is 19.6 Å². The number of primary amides is 1. The molecule has 6 nitrogen and oxygen atoms in total. The van der Waals surface area contributed by atoms with Crippen LogP contribution in [0.5, 0.6) is 0 Å². The molecule has 1 saturated heterocycles. The first-order valence-corrected chi connectivity index (χ1v) is 7.44. The number of nitrogens with zero attached hydrogens (tertiary/aromatic N) is 1. The Hall–Kier alpha value is -2.37. The number of hydrogen-bond acceptors (Lipinski definition) is 3. The molecule has 3 amide bonds. The predicted octanol–water partition coefficient (Wildman–Crippen LogP) is 0.705. The van der Waals surface area contributed by atoms with Crippen LogP contribution in [0.2, 0.25) is 0 Å². The lowest BCUT2D eigenvalue weighted by atomic mass is 9.90. The van der Waals surface area contributed by atoms with Gasteiger partial charge in [-0.2, -0.15) is 0 Å². The summed E-state index contributed by atoms with van der Waals surface area (Å²) in [5.41, 5.74) is 5.95. The minimum absolute atomic E-state index is 0.116. The fourth-order valence-electron chi connectivity index (χ4n) is 2.68.